The molecule has 1 saturated heterocycles. The van der Waals surface area contributed by atoms with Crippen LogP contribution < -0.4 is 11.1 Å². The highest BCUT2D eigenvalue weighted by atomic mass is 35.5. The summed E-state index contributed by atoms with van der Waals surface area (Å²) < 4.78 is 7.85. The zero-order valence-corrected chi connectivity index (χ0v) is 16.7. The van der Waals surface area contributed by atoms with Gasteiger partial charge in [-0.25, -0.2) is 15.0 Å². The number of halogens is 2. The molecule has 4 rings (SSSR count). The van der Waals surface area contributed by atoms with Gasteiger partial charge in [0.1, 0.15) is 6.33 Å². The molecule has 27 heavy (non-hydrogen) atoms. The quantitative estimate of drug-likeness (QED) is 0.649. The summed E-state index contributed by atoms with van der Waals surface area (Å²) in [6.45, 7) is 3.17. The molecule has 0 amide bonds. The second kappa shape index (κ2) is 8.20. The highest BCUT2D eigenvalue weighted by Crippen LogP contribution is 2.36. The van der Waals surface area contributed by atoms with Crippen LogP contribution in [-0.2, 0) is 11.3 Å². The van der Waals surface area contributed by atoms with E-state index in [0.29, 0.717) is 33.6 Å². The molecular weight excluding hydrogens is 407 g/mol. The first-order valence-corrected chi connectivity index (χ1v) is 10.1. The minimum absolute atomic E-state index is 0.160. The highest BCUT2D eigenvalue weighted by molar-refractivity contribution is 7.99. The van der Waals surface area contributed by atoms with Gasteiger partial charge in [0.05, 0.1) is 17.7 Å². The molecule has 1 fully saturated rings. The van der Waals surface area contributed by atoms with E-state index in [1.165, 1.54) is 18.1 Å². The number of benzene rings is 1. The van der Waals surface area contributed by atoms with Gasteiger partial charge in [0.15, 0.2) is 22.1 Å². The highest BCUT2D eigenvalue weighted by Gasteiger charge is 2.19. The molecule has 0 saturated carbocycles. The number of fused-ring (bicyclic) bond motifs is 1. The number of nitrogen functional groups attached to an aromatic ring is 1. The molecule has 1 aromatic carbocycles. The second-order valence-corrected chi connectivity index (χ2v) is 7.99. The Bertz CT molecular complexity index is 960. The average Bonchev–Trinajstić information content (AvgIpc) is 3.02. The summed E-state index contributed by atoms with van der Waals surface area (Å²) in [5.74, 6) is 0.360. The Kier molecular flexibility index (Phi) is 5.70. The summed E-state index contributed by atoms with van der Waals surface area (Å²) in [5, 5.41) is 5.27. The predicted octanol–water partition coefficient (Wildman–Crippen LogP) is 3.25. The smallest absolute Gasteiger partial charge is 0.175 e. The number of aromatic nitrogens is 4. The van der Waals surface area contributed by atoms with Crippen molar-refractivity contribution in [3.8, 4) is 0 Å². The molecule has 3 aromatic rings. The Morgan fingerprint density at radius 1 is 1.33 bits per heavy atom. The van der Waals surface area contributed by atoms with Gasteiger partial charge in [-0.15, -0.1) is 0 Å². The fourth-order valence-corrected chi connectivity index (χ4v) is 4.39. The number of rotatable bonds is 5. The van der Waals surface area contributed by atoms with Crippen LogP contribution in [0.5, 0.6) is 0 Å². The van der Waals surface area contributed by atoms with E-state index in [2.05, 4.69) is 20.3 Å². The van der Waals surface area contributed by atoms with Gasteiger partial charge in [-0.05, 0) is 24.6 Å². The van der Waals surface area contributed by atoms with E-state index in [9.17, 15) is 0 Å². The van der Waals surface area contributed by atoms with Crippen molar-refractivity contribution in [3.63, 3.8) is 0 Å². The summed E-state index contributed by atoms with van der Waals surface area (Å²) in [6.07, 6.45) is 2.45. The molecule has 0 radical (unpaired) electrons. The molecule has 3 N–H and O–H groups in total. The van der Waals surface area contributed by atoms with Gasteiger partial charge in [0.25, 0.3) is 0 Å². The molecular formula is C17H18Cl2N6OS. The average molecular weight is 425 g/mol. The number of nitrogens with two attached hydrogens (primary N) is 1. The maximum absolute atomic E-state index is 6.34. The number of nitrogens with one attached hydrogen (secondary N) is 1. The fraction of sp³-hybridized carbons (Fsp3) is 0.353. The molecule has 1 aliphatic rings. The van der Waals surface area contributed by atoms with E-state index >= 15 is 0 Å². The monoisotopic (exact) mass is 424 g/mol. The van der Waals surface area contributed by atoms with Crippen molar-refractivity contribution in [1.82, 2.24) is 24.8 Å². The molecule has 0 aliphatic carbocycles. The number of morpholine rings is 1. The number of aryl methyl sites for hydroxylation is 1. The first kappa shape index (κ1) is 18.8. The minimum atomic E-state index is 0.160. The van der Waals surface area contributed by atoms with Gasteiger partial charge < -0.3 is 20.4 Å². The van der Waals surface area contributed by atoms with Gasteiger partial charge in [-0.1, -0.05) is 35.0 Å². The van der Waals surface area contributed by atoms with Crippen molar-refractivity contribution in [3.05, 3.63) is 34.6 Å². The molecule has 0 spiro atoms. The fourth-order valence-electron chi connectivity index (χ4n) is 2.95. The maximum atomic E-state index is 6.34. The maximum Gasteiger partial charge on any atom is 0.175 e. The Morgan fingerprint density at radius 2 is 2.22 bits per heavy atom. The van der Waals surface area contributed by atoms with Crippen LogP contribution in [0.15, 0.2) is 34.6 Å². The summed E-state index contributed by atoms with van der Waals surface area (Å²) in [4.78, 5) is 14.0. The molecule has 3 heterocycles. The van der Waals surface area contributed by atoms with E-state index in [0.717, 1.165) is 36.2 Å². The largest absolute Gasteiger partial charge is 0.382 e. The van der Waals surface area contributed by atoms with Crippen LogP contribution in [0, 0.1) is 0 Å². The van der Waals surface area contributed by atoms with E-state index in [-0.39, 0.29) is 6.10 Å². The molecule has 1 unspecified atom stereocenters. The van der Waals surface area contributed by atoms with Gasteiger partial charge >= 0.3 is 0 Å². The number of hydrogen-bond donors (Lipinski definition) is 2. The topological polar surface area (TPSA) is 90.9 Å². The third kappa shape index (κ3) is 4.14. The lowest BCUT2D eigenvalue weighted by molar-refractivity contribution is 0.0208. The summed E-state index contributed by atoms with van der Waals surface area (Å²) in [7, 11) is 0. The molecule has 0 bridgehead atoms. The first-order chi connectivity index (χ1) is 13.1. The zero-order chi connectivity index (χ0) is 18.8. The minimum Gasteiger partial charge on any atom is -0.382 e. The molecule has 7 nitrogen and oxygen atoms in total. The van der Waals surface area contributed by atoms with Crippen LogP contribution in [0.2, 0.25) is 10.0 Å². The van der Waals surface area contributed by atoms with Gasteiger partial charge in [0.2, 0.25) is 0 Å². The number of imidazole rings is 1. The summed E-state index contributed by atoms with van der Waals surface area (Å²) in [5.41, 5.74) is 7.30. The van der Waals surface area contributed by atoms with E-state index in [1.54, 1.807) is 12.1 Å². The second-order valence-electron chi connectivity index (χ2n) is 6.14. The Labute approximate surface area is 170 Å². The van der Waals surface area contributed by atoms with E-state index < -0.39 is 0 Å². The molecule has 142 valence electrons. The lowest BCUT2D eigenvalue weighted by Crippen LogP contribution is -2.38. The number of hydrogen-bond acceptors (Lipinski definition) is 7. The van der Waals surface area contributed by atoms with Crippen molar-refractivity contribution < 1.29 is 4.74 Å². The van der Waals surface area contributed by atoms with Crippen LogP contribution in [0.25, 0.3) is 11.2 Å². The van der Waals surface area contributed by atoms with Crippen molar-refractivity contribution in [2.75, 3.05) is 25.4 Å². The molecule has 1 aliphatic heterocycles. The van der Waals surface area contributed by atoms with Crippen LogP contribution in [0.4, 0.5) is 5.82 Å². The van der Waals surface area contributed by atoms with Gasteiger partial charge in [0, 0.05) is 29.6 Å². The van der Waals surface area contributed by atoms with Crippen molar-refractivity contribution in [2.45, 2.75) is 29.1 Å². The molecule has 1 atom stereocenters. The standard InChI is InChI=1S/C17H18Cl2N6OS/c18-10-1-2-13(12(19)7-10)27-17-24-14-15(20)22-9-23-16(14)25(17)5-3-11-8-21-4-6-26-11/h1-2,7,9,11,21H,3-6,8H2,(H2,20,22,23). The first-order valence-electron chi connectivity index (χ1n) is 8.54. The van der Waals surface area contributed by atoms with Crippen molar-refractivity contribution in [2.24, 2.45) is 0 Å². The van der Waals surface area contributed by atoms with Gasteiger partial charge in [-0.2, -0.15) is 0 Å². The van der Waals surface area contributed by atoms with Crippen LogP contribution >= 0.6 is 35.0 Å². The van der Waals surface area contributed by atoms with Crippen LogP contribution in [0.1, 0.15) is 6.42 Å². The summed E-state index contributed by atoms with van der Waals surface area (Å²) in [6, 6.07) is 5.40. The third-order valence-electron chi connectivity index (χ3n) is 4.30. The Balaban J connectivity index is 1.66. The number of ether oxygens (including phenoxy) is 1. The lowest BCUT2D eigenvalue weighted by atomic mass is 10.2. The predicted molar refractivity (Wildman–Crippen MR) is 108 cm³/mol. The van der Waals surface area contributed by atoms with Crippen LogP contribution in [0.3, 0.4) is 0 Å². The van der Waals surface area contributed by atoms with Crippen LogP contribution in [-0.4, -0.2) is 45.3 Å². The Morgan fingerprint density at radius 3 is 3.00 bits per heavy atom. The van der Waals surface area contributed by atoms with Gasteiger partial charge in [-0.3, -0.25) is 0 Å². The molecule has 10 heteroatoms. The summed E-state index contributed by atoms with van der Waals surface area (Å²) >= 11 is 13.8. The SMILES string of the molecule is Nc1ncnc2c1nc(Sc1ccc(Cl)cc1Cl)n2CCC1CNCCO1. The van der Waals surface area contributed by atoms with E-state index in [1.807, 2.05) is 10.6 Å². The normalized spacial score (nSPS) is 17.5. The number of anilines is 1. The number of nitrogens with zero attached hydrogens (tertiary/aromatic N) is 4. The lowest BCUT2D eigenvalue weighted by Gasteiger charge is -2.24. The van der Waals surface area contributed by atoms with Crippen molar-refractivity contribution >= 4 is 51.9 Å². The van der Waals surface area contributed by atoms with Crippen molar-refractivity contribution in [1.29, 1.82) is 0 Å². The zero-order valence-electron chi connectivity index (χ0n) is 14.4. The Hall–Kier alpha value is -1.58. The molecule has 2 aromatic heterocycles. The third-order valence-corrected chi connectivity index (χ3v) is 6.03. The van der Waals surface area contributed by atoms with E-state index in [4.69, 9.17) is 33.7 Å².